The van der Waals surface area contributed by atoms with Gasteiger partial charge in [0.15, 0.2) is 0 Å². The SMILES string of the molecule is Cn1cc(-c2cnc(N)c(C(=O)NC3CCCC3O)c2)cn1. The van der Waals surface area contributed by atoms with E-state index < -0.39 is 6.10 Å². The van der Waals surface area contributed by atoms with Crippen molar-refractivity contribution in [1.29, 1.82) is 0 Å². The molecule has 7 heteroatoms. The van der Waals surface area contributed by atoms with E-state index in [1.807, 2.05) is 13.2 Å². The standard InChI is InChI=1S/C15H19N5O2/c1-20-8-10(7-18-20)9-5-11(14(16)17-6-9)15(22)19-12-3-2-4-13(12)21/h5-8,12-13,21H,2-4H2,1H3,(H2,16,17)(H,19,22). The Labute approximate surface area is 128 Å². The molecular weight excluding hydrogens is 282 g/mol. The molecule has 1 aliphatic rings. The quantitative estimate of drug-likeness (QED) is 0.774. The van der Waals surface area contributed by atoms with Gasteiger partial charge in [-0.25, -0.2) is 4.98 Å². The Balaban J connectivity index is 1.84. The van der Waals surface area contributed by atoms with Gasteiger partial charge in [-0.2, -0.15) is 5.10 Å². The lowest BCUT2D eigenvalue weighted by molar-refractivity contribution is 0.0874. The number of anilines is 1. The molecule has 2 atom stereocenters. The molecule has 0 saturated heterocycles. The van der Waals surface area contributed by atoms with E-state index in [4.69, 9.17) is 5.73 Å². The number of hydrogen-bond donors (Lipinski definition) is 3. The summed E-state index contributed by atoms with van der Waals surface area (Å²) in [5.41, 5.74) is 7.79. The zero-order chi connectivity index (χ0) is 15.7. The highest BCUT2D eigenvalue weighted by Gasteiger charge is 2.27. The number of carbonyl (C=O) groups is 1. The van der Waals surface area contributed by atoms with E-state index in [1.165, 1.54) is 0 Å². The molecule has 0 aliphatic heterocycles. The number of pyridine rings is 1. The first-order valence-corrected chi connectivity index (χ1v) is 7.28. The number of rotatable bonds is 3. The van der Waals surface area contributed by atoms with Gasteiger partial charge in [-0.3, -0.25) is 9.48 Å². The van der Waals surface area contributed by atoms with Crippen LogP contribution in [0.15, 0.2) is 24.7 Å². The van der Waals surface area contributed by atoms with Crippen molar-refractivity contribution in [1.82, 2.24) is 20.1 Å². The van der Waals surface area contributed by atoms with Crippen LogP contribution >= 0.6 is 0 Å². The lowest BCUT2D eigenvalue weighted by Gasteiger charge is -2.17. The van der Waals surface area contributed by atoms with Crippen molar-refractivity contribution in [3.8, 4) is 11.1 Å². The number of carbonyl (C=O) groups excluding carboxylic acids is 1. The number of nitrogens with zero attached hydrogens (tertiary/aromatic N) is 3. The van der Waals surface area contributed by atoms with Gasteiger partial charge < -0.3 is 16.2 Å². The van der Waals surface area contributed by atoms with E-state index in [2.05, 4.69) is 15.4 Å². The van der Waals surface area contributed by atoms with Crippen LogP contribution in [0.25, 0.3) is 11.1 Å². The average Bonchev–Trinajstić information content (AvgIpc) is 3.09. The Morgan fingerprint density at radius 2 is 2.23 bits per heavy atom. The number of nitrogen functional groups attached to an aromatic ring is 1. The van der Waals surface area contributed by atoms with Gasteiger partial charge in [-0.15, -0.1) is 0 Å². The van der Waals surface area contributed by atoms with Crippen LogP contribution in [-0.2, 0) is 7.05 Å². The monoisotopic (exact) mass is 301 g/mol. The van der Waals surface area contributed by atoms with Crippen LogP contribution in [0.4, 0.5) is 5.82 Å². The van der Waals surface area contributed by atoms with Crippen LogP contribution in [0.5, 0.6) is 0 Å². The molecule has 1 fully saturated rings. The highest BCUT2D eigenvalue weighted by atomic mass is 16.3. The summed E-state index contributed by atoms with van der Waals surface area (Å²) in [5.74, 6) is -0.126. The van der Waals surface area contributed by atoms with Gasteiger partial charge in [-0.05, 0) is 25.3 Å². The number of nitrogens with two attached hydrogens (primary N) is 1. The lowest BCUT2D eigenvalue weighted by atomic mass is 10.1. The number of hydrogen-bond acceptors (Lipinski definition) is 5. The van der Waals surface area contributed by atoms with E-state index in [0.717, 1.165) is 24.0 Å². The largest absolute Gasteiger partial charge is 0.391 e. The Hall–Kier alpha value is -2.41. The molecule has 2 heterocycles. The summed E-state index contributed by atoms with van der Waals surface area (Å²) in [5, 5.41) is 16.8. The van der Waals surface area contributed by atoms with Crippen molar-refractivity contribution in [2.45, 2.75) is 31.4 Å². The van der Waals surface area contributed by atoms with E-state index in [0.29, 0.717) is 12.0 Å². The third kappa shape index (κ3) is 2.80. The van der Waals surface area contributed by atoms with Crippen LogP contribution in [0, 0.1) is 0 Å². The number of nitrogens with one attached hydrogen (secondary N) is 1. The zero-order valence-electron chi connectivity index (χ0n) is 12.4. The maximum Gasteiger partial charge on any atom is 0.255 e. The molecular formula is C15H19N5O2. The molecule has 2 aromatic heterocycles. The Bertz CT molecular complexity index is 697. The molecule has 0 bridgehead atoms. The van der Waals surface area contributed by atoms with Crippen molar-refractivity contribution in [2.75, 3.05) is 5.73 Å². The molecule has 7 nitrogen and oxygen atoms in total. The highest BCUT2D eigenvalue weighted by molar-refractivity contribution is 5.99. The van der Waals surface area contributed by atoms with Gasteiger partial charge in [0, 0.05) is 30.6 Å². The van der Waals surface area contributed by atoms with E-state index in [-0.39, 0.29) is 17.8 Å². The fourth-order valence-electron chi connectivity index (χ4n) is 2.74. The van der Waals surface area contributed by atoms with Crippen LogP contribution in [0.1, 0.15) is 29.6 Å². The highest BCUT2D eigenvalue weighted by Crippen LogP contribution is 2.23. The molecule has 3 rings (SSSR count). The molecule has 116 valence electrons. The van der Waals surface area contributed by atoms with E-state index in [9.17, 15) is 9.90 Å². The van der Waals surface area contributed by atoms with Gasteiger partial charge in [-0.1, -0.05) is 0 Å². The van der Waals surface area contributed by atoms with Crippen molar-refractivity contribution < 1.29 is 9.90 Å². The summed E-state index contributed by atoms with van der Waals surface area (Å²) in [6.07, 6.45) is 7.09. The van der Waals surface area contributed by atoms with E-state index in [1.54, 1.807) is 23.1 Å². The molecule has 0 aromatic carbocycles. The van der Waals surface area contributed by atoms with Crippen molar-refractivity contribution in [3.05, 3.63) is 30.2 Å². The number of aliphatic hydroxyl groups is 1. The minimum atomic E-state index is -0.486. The van der Waals surface area contributed by atoms with Gasteiger partial charge in [0.25, 0.3) is 5.91 Å². The van der Waals surface area contributed by atoms with Crippen LogP contribution < -0.4 is 11.1 Å². The number of amides is 1. The van der Waals surface area contributed by atoms with Gasteiger partial charge >= 0.3 is 0 Å². The fraction of sp³-hybridized carbons (Fsp3) is 0.400. The summed E-state index contributed by atoms with van der Waals surface area (Å²) in [4.78, 5) is 16.5. The smallest absolute Gasteiger partial charge is 0.255 e. The second-order valence-electron chi connectivity index (χ2n) is 5.64. The van der Waals surface area contributed by atoms with E-state index >= 15 is 0 Å². The molecule has 1 amide bonds. The van der Waals surface area contributed by atoms with Crippen LogP contribution in [0.2, 0.25) is 0 Å². The Kier molecular flexibility index (Phi) is 3.81. The minimum Gasteiger partial charge on any atom is -0.391 e. The first-order valence-electron chi connectivity index (χ1n) is 7.28. The first kappa shape index (κ1) is 14.5. The van der Waals surface area contributed by atoms with Gasteiger partial charge in [0.05, 0.1) is 23.9 Å². The summed E-state index contributed by atoms with van der Waals surface area (Å²) in [6, 6.07) is 1.49. The molecule has 2 aromatic rings. The second kappa shape index (κ2) is 5.76. The molecule has 1 saturated carbocycles. The summed E-state index contributed by atoms with van der Waals surface area (Å²) in [7, 11) is 1.82. The predicted octanol–water partition coefficient (Wildman–Crippen LogP) is 0.707. The molecule has 4 N–H and O–H groups in total. The van der Waals surface area contributed by atoms with Crippen molar-refractivity contribution in [2.24, 2.45) is 7.05 Å². The fourth-order valence-corrected chi connectivity index (χ4v) is 2.74. The van der Waals surface area contributed by atoms with Crippen LogP contribution in [-0.4, -0.2) is 37.9 Å². The summed E-state index contributed by atoms with van der Waals surface area (Å²) >= 11 is 0. The molecule has 2 unspecified atom stereocenters. The normalized spacial score (nSPS) is 21.0. The number of aromatic nitrogens is 3. The van der Waals surface area contributed by atoms with Crippen LogP contribution in [0.3, 0.4) is 0 Å². The third-order valence-corrected chi connectivity index (χ3v) is 4.00. The third-order valence-electron chi connectivity index (χ3n) is 4.00. The minimum absolute atomic E-state index is 0.178. The Morgan fingerprint density at radius 1 is 1.41 bits per heavy atom. The van der Waals surface area contributed by atoms with Gasteiger partial charge in [0.1, 0.15) is 5.82 Å². The van der Waals surface area contributed by atoms with Crippen molar-refractivity contribution in [3.63, 3.8) is 0 Å². The molecule has 1 aliphatic carbocycles. The van der Waals surface area contributed by atoms with Crippen molar-refractivity contribution >= 4 is 11.7 Å². The Morgan fingerprint density at radius 3 is 2.86 bits per heavy atom. The molecule has 22 heavy (non-hydrogen) atoms. The average molecular weight is 301 g/mol. The predicted molar refractivity (Wildman–Crippen MR) is 82.0 cm³/mol. The topological polar surface area (TPSA) is 106 Å². The van der Waals surface area contributed by atoms with Gasteiger partial charge in [0.2, 0.25) is 0 Å². The maximum atomic E-state index is 12.4. The second-order valence-corrected chi connectivity index (χ2v) is 5.64. The summed E-state index contributed by atoms with van der Waals surface area (Å²) < 4.78 is 1.68. The number of aliphatic hydroxyl groups excluding tert-OH is 1. The zero-order valence-corrected chi connectivity index (χ0v) is 12.4. The molecule has 0 spiro atoms. The molecule has 0 radical (unpaired) electrons. The maximum absolute atomic E-state index is 12.4. The first-order chi connectivity index (χ1) is 10.5. The lowest BCUT2D eigenvalue weighted by Crippen LogP contribution is -2.40. The number of aryl methyl sites for hydroxylation is 1. The summed E-state index contributed by atoms with van der Waals surface area (Å²) in [6.45, 7) is 0.